The second-order valence-corrected chi connectivity index (χ2v) is 6.36. The van der Waals surface area contributed by atoms with Gasteiger partial charge >= 0.3 is 0 Å². The molecule has 2 aromatic rings. The number of piperidine rings is 1. The van der Waals surface area contributed by atoms with Crippen molar-refractivity contribution in [1.82, 2.24) is 4.90 Å². The van der Waals surface area contributed by atoms with E-state index < -0.39 is 0 Å². The highest BCUT2D eigenvalue weighted by atomic mass is 16.5. The molecule has 3 nitrogen and oxygen atoms in total. The van der Waals surface area contributed by atoms with Crippen LogP contribution in [0.3, 0.4) is 0 Å². The van der Waals surface area contributed by atoms with E-state index in [-0.39, 0.29) is 11.7 Å². The van der Waals surface area contributed by atoms with Crippen molar-refractivity contribution in [2.45, 2.75) is 13.5 Å². The van der Waals surface area contributed by atoms with Crippen LogP contribution in [0.4, 0.5) is 0 Å². The van der Waals surface area contributed by atoms with Crippen molar-refractivity contribution in [3.63, 3.8) is 0 Å². The molecule has 0 spiro atoms. The van der Waals surface area contributed by atoms with Gasteiger partial charge in [0, 0.05) is 31.1 Å². The maximum atomic E-state index is 12.5. The van der Waals surface area contributed by atoms with Crippen molar-refractivity contribution in [2.24, 2.45) is 5.92 Å². The van der Waals surface area contributed by atoms with Crippen molar-refractivity contribution in [1.29, 1.82) is 0 Å². The molecule has 3 heteroatoms. The first-order valence-corrected chi connectivity index (χ1v) is 8.31. The van der Waals surface area contributed by atoms with Gasteiger partial charge in [0.1, 0.15) is 5.75 Å². The molecule has 1 heterocycles. The zero-order valence-electron chi connectivity index (χ0n) is 14.2. The summed E-state index contributed by atoms with van der Waals surface area (Å²) in [4.78, 5) is 14.9. The number of hydrogen-bond acceptors (Lipinski definition) is 3. The Morgan fingerprint density at radius 2 is 1.83 bits per heavy atom. The first-order valence-electron chi connectivity index (χ1n) is 8.31. The molecule has 1 atom stereocenters. The van der Waals surface area contributed by atoms with Crippen LogP contribution in [-0.4, -0.2) is 30.9 Å². The minimum absolute atomic E-state index is 0.0342. The Hall–Kier alpha value is -2.39. The third kappa shape index (κ3) is 3.92. The molecule has 3 rings (SSSR count). The summed E-state index contributed by atoms with van der Waals surface area (Å²) in [6, 6.07) is 18.2. The number of hydrogen-bond donors (Lipinski definition) is 0. The summed E-state index contributed by atoms with van der Waals surface area (Å²) >= 11 is 0. The number of ketones is 1. The van der Waals surface area contributed by atoms with Gasteiger partial charge in [0.15, 0.2) is 5.78 Å². The van der Waals surface area contributed by atoms with Crippen LogP contribution in [0.1, 0.15) is 18.1 Å². The molecule has 124 valence electrons. The number of rotatable bonds is 4. The highest BCUT2D eigenvalue weighted by Crippen LogP contribution is 2.22. The lowest BCUT2D eigenvalue weighted by atomic mass is 9.92. The molecule has 24 heavy (non-hydrogen) atoms. The van der Waals surface area contributed by atoms with E-state index in [0.29, 0.717) is 6.54 Å². The van der Waals surface area contributed by atoms with Gasteiger partial charge in [-0.15, -0.1) is 0 Å². The van der Waals surface area contributed by atoms with Crippen LogP contribution in [0.25, 0.3) is 6.08 Å². The van der Waals surface area contributed by atoms with Gasteiger partial charge in [0.2, 0.25) is 0 Å². The summed E-state index contributed by atoms with van der Waals surface area (Å²) in [5, 5.41) is 0. The molecule has 1 aliphatic heterocycles. The Balaban J connectivity index is 1.77. The average Bonchev–Trinajstić information content (AvgIpc) is 2.61. The van der Waals surface area contributed by atoms with Gasteiger partial charge in [-0.1, -0.05) is 49.4 Å². The zero-order chi connectivity index (χ0) is 16.9. The largest absolute Gasteiger partial charge is 0.497 e. The highest BCUT2D eigenvalue weighted by molar-refractivity contribution is 6.02. The number of carbonyl (C=O) groups excluding carboxylic acids is 1. The monoisotopic (exact) mass is 321 g/mol. The van der Waals surface area contributed by atoms with Gasteiger partial charge in [-0.25, -0.2) is 0 Å². The van der Waals surface area contributed by atoms with E-state index in [1.54, 1.807) is 7.11 Å². The molecule has 0 aromatic heterocycles. The lowest BCUT2D eigenvalue weighted by Gasteiger charge is -2.31. The molecule has 0 aliphatic carbocycles. The zero-order valence-corrected chi connectivity index (χ0v) is 14.2. The van der Waals surface area contributed by atoms with E-state index in [1.165, 1.54) is 5.56 Å². The molecular weight excluding hydrogens is 298 g/mol. The number of methoxy groups -OCH3 is 1. The van der Waals surface area contributed by atoms with Gasteiger partial charge in [-0.2, -0.15) is 0 Å². The van der Waals surface area contributed by atoms with Crippen molar-refractivity contribution in [3.05, 3.63) is 71.3 Å². The number of Topliss-reactive ketones (excluding diaryl/α,β-unsaturated/α-hetero) is 1. The predicted octanol–water partition coefficient (Wildman–Crippen LogP) is 3.80. The molecule has 2 aromatic carbocycles. The minimum Gasteiger partial charge on any atom is -0.497 e. The van der Waals surface area contributed by atoms with Gasteiger partial charge in [-0.05, 0) is 29.3 Å². The van der Waals surface area contributed by atoms with Crippen LogP contribution in [-0.2, 0) is 11.3 Å². The summed E-state index contributed by atoms with van der Waals surface area (Å²) in [6.07, 6.45) is 2.01. The van der Waals surface area contributed by atoms with Crippen LogP contribution in [0.2, 0.25) is 0 Å². The molecule has 1 unspecified atom stereocenters. The second-order valence-electron chi connectivity index (χ2n) is 6.36. The quantitative estimate of drug-likeness (QED) is 0.802. The molecule has 1 saturated heterocycles. The van der Waals surface area contributed by atoms with E-state index >= 15 is 0 Å². The van der Waals surface area contributed by atoms with E-state index in [0.717, 1.165) is 30.0 Å². The topological polar surface area (TPSA) is 29.5 Å². The number of nitrogens with zero attached hydrogens (tertiary/aromatic N) is 1. The fourth-order valence-corrected chi connectivity index (χ4v) is 3.15. The molecule has 0 radical (unpaired) electrons. The minimum atomic E-state index is 0.0342. The Labute approximate surface area is 143 Å². The van der Waals surface area contributed by atoms with Crippen LogP contribution in [0.5, 0.6) is 5.75 Å². The summed E-state index contributed by atoms with van der Waals surface area (Å²) in [5.41, 5.74) is 3.20. The third-order valence-corrected chi connectivity index (χ3v) is 4.40. The van der Waals surface area contributed by atoms with Crippen molar-refractivity contribution in [3.8, 4) is 5.75 Å². The molecule has 0 saturated carbocycles. The number of ether oxygens (including phenoxy) is 1. The van der Waals surface area contributed by atoms with Gasteiger partial charge in [0.25, 0.3) is 0 Å². The van der Waals surface area contributed by atoms with Gasteiger partial charge in [0.05, 0.1) is 7.11 Å². The second kappa shape index (κ2) is 7.45. The van der Waals surface area contributed by atoms with Crippen LogP contribution >= 0.6 is 0 Å². The van der Waals surface area contributed by atoms with Crippen molar-refractivity contribution in [2.75, 3.05) is 20.2 Å². The Kier molecular flexibility index (Phi) is 5.11. The summed E-state index contributed by atoms with van der Waals surface area (Å²) in [7, 11) is 1.65. The van der Waals surface area contributed by atoms with E-state index in [4.69, 9.17) is 4.74 Å². The highest BCUT2D eigenvalue weighted by Gasteiger charge is 2.27. The van der Waals surface area contributed by atoms with Gasteiger partial charge < -0.3 is 4.74 Å². The molecule has 1 fully saturated rings. The maximum Gasteiger partial charge on any atom is 0.164 e. The average molecular weight is 321 g/mol. The standard InChI is InChI=1S/C21H23NO2/c1-16-13-22(14-18-6-4-3-5-7-18)15-19(21(16)23)12-17-8-10-20(24-2)11-9-17/h3-12,16H,13-15H2,1-2H3/b19-12-. The van der Waals surface area contributed by atoms with Crippen LogP contribution < -0.4 is 4.74 Å². The van der Waals surface area contributed by atoms with Crippen LogP contribution in [0.15, 0.2) is 60.2 Å². The number of benzene rings is 2. The first kappa shape index (κ1) is 16.5. The first-order chi connectivity index (χ1) is 11.7. The number of carbonyl (C=O) groups is 1. The van der Waals surface area contributed by atoms with E-state index in [2.05, 4.69) is 29.2 Å². The summed E-state index contributed by atoms with van der Waals surface area (Å²) in [5.74, 6) is 1.12. The normalized spacial score (nSPS) is 20.3. The lowest BCUT2D eigenvalue weighted by Crippen LogP contribution is -2.40. The smallest absolute Gasteiger partial charge is 0.164 e. The summed E-state index contributed by atoms with van der Waals surface area (Å²) in [6.45, 7) is 4.40. The lowest BCUT2D eigenvalue weighted by molar-refractivity contribution is -0.121. The maximum absolute atomic E-state index is 12.5. The van der Waals surface area contributed by atoms with E-state index in [1.807, 2.05) is 43.3 Å². The van der Waals surface area contributed by atoms with Crippen molar-refractivity contribution < 1.29 is 9.53 Å². The Morgan fingerprint density at radius 1 is 1.12 bits per heavy atom. The molecular formula is C21H23NO2. The third-order valence-electron chi connectivity index (χ3n) is 4.40. The molecule has 1 aliphatic rings. The SMILES string of the molecule is COc1ccc(/C=C2/CN(Cc3ccccc3)CC(C)C2=O)cc1. The summed E-state index contributed by atoms with van der Waals surface area (Å²) < 4.78 is 5.18. The van der Waals surface area contributed by atoms with Crippen molar-refractivity contribution >= 4 is 11.9 Å². The fraction of sp³-hybridized carbons (Fsp3) is 0.286. The van der Waals surface area contributed by atoms with Crippen LogP contribution in [0, 0.1) is 5.92 Å². The predicted molar refractivity (Wildman–Crippen MR) is 96.9 cm³/mol. The van der Waals surface area contributed by atoms with Gasteiger partial charge in [-0.3, -0.25) is 9.69 Å². The molecule has 0 amide bonds. The van der Waals surface area contributed by atoms with E-state index in [9.17, 15) is 4.79 Å². The number of likely N-dealkylation sites (tertiary alicyclic amines) is 1. The molecule has 0 bridgehead atoms. The Bertz CT molecular complexity index is 719. The molecule has 0 N–H and O–H groups in total. The fourth-order valence-electron chi connectivity index (χ4n) is 3.15. The Morgan fingerprint density at radius 3 is 2.50 bits per heavy atom.